The van der Waals surface area contributed by atoms with Crippen LogP contribution in [0, 0.1) is 19.8 Å². The largest absolute Gasteiger partial charge is 0.376 e. The quantitative estimate of drug-likeness (QED) is 0.762. The molecule has 2 aromatic rings. The number of thiazole rings is 1. The van der Waals surface area contributed by atoms with Gasteiger partial charge in [-0.2, -0.15) is 0 Å². The highest BCUT2D eigenvalue weighted by molar-refractivity contribution is 7.09. The van der Waals surface area contributed by atoms with Crippen LogP contribution in [0.1, 0.15) is 66.0 Å². The zero-order valence-electron chi connectivity index (χ0n) is 17.0. The summed E-state index contributed by atoms with van der Waals surface area (Å²) in [6.07, 6.45) is 8.86. The Labute approximate surface area is 171 Å². The van der Waals surface area contributed by atoms with E-state index >= 15 is 0 Å². The summed E-state index contributed by atoms with van der Waals surface area (Å²) in [6.45, 7) is 6.50. The molecule has 1 amide bonds. The van der Waals surface area contributed by atoms with Gasteiger partial charge in [-0.25, -0.2) is 4.98 Å². The number of aromatic nitrogens is 2. The first-order valence-electron chi connectivity index (χ1n) is 10.6. The standard InChI is InChI=1S/C22H31N3O2S/c1-15-19(22(26)23-12-18-9-6-10-27-18)11-21(20-14-28-16(2)24-20)25(15)13-17-7-4-3-5-8-17/h11,14,17-18H,3-10,12-13H2,1-2H3,(H,23,26). The minimum atomic E-state index is 0.00333. The van der Waals surface area contributed by atoms with Crippen LogP contribution in [-0.4, -0.2) is 34.7 Å². The summed E-state index contributed by atoms with van der Waals surface area (Å²) in [4.78, 5) is 17.6. The van der Waals surface area contributed by atoms with Gasteiger partial charge in [-0.05, 0) is 51.5 Å². The fraction of sp³-hybridized carbons (Fsp3) is 0.636. The third kappa shape index (κ3) is 4.33. The summed E-state index contributed by atoms with van der Waals surface area (Å²) in [6, 6.07) is 2.04. The SMILES string of the molecule is Cc1nc(-c2cc(C(=O)NCC3CCCO3)c(C)n2CC2CCCCC2)cs1. The average molecular weight is 402 g/mol. The lowest BCUT2D eigenvalue weighted by Crippen LogP contribution is -2.32. The number of hydrogen-bond acceptors (Lipinski definition) is 4. The fourth-order valence-corrected chi connectivity index (χ4v) is 5.15. The maximum absolute atomic E-state index is 12.9. The lowest BCUT2D eigenvalue weighted by Gasteiger charge is -2.24. The minimum absolute atomic E-state index is 0.00333. The highest BCUT2D eigenvalue weighted by Crippen LogP contribution is 2.31. The molecule has 4 rings (SSSR count). The molecule has 28 heavy (non-hydrogen) atoms. The molecule has 1 aliphatic carbocycles. The minimum Gasteiger partial charge on any atom is -0.376 e. The van der Waals surface area contributed by atoms with Crippen LogP contribution >= 0.6 is 11.3 Å². The Balaban J connectivity index is 1.58. The predicted molar refractivity (Wildman–Crippen MR) is 113 cm³/mol. The van der Waals surface area contributed by atoms with Crippen LogP contribution in [0.3, 0.4) is 0 Å². The summed E-state index contributed by atoms with van der Waals surface area (Å²) in [7, 11) is 0. The maximum Gasteiger partial charge on any atom is 0.253 e. The van der Waals surface area contributed by atoms with E-state index in [1.54, 1.807) is 11.3 Å². The number of aryl methyl sites for hydroxylation is 1. The van der Waals surface area contributed by atoms with Crippen molar-refractivity contribution in [3.8, 4) is 11.4 Å². The molecule has 2 aliphatic rings. The first-order chi connectivity index (χ1) is 13.6. The molecule has 1 saturated carbocycles. The van der Waals surface area contributed by atoms with E-state index in [-0.39, 0.29) is 12.0 Å². The van der Waals surface area contributed by atoms with Crippen LogP contribution in [0.2, 0.25) is 0 Å². The molecule has 1 saturated heterocycles. The number of nitrogens with zero attached hydrogens (tertiary/aromatic N) is 2. The van der Waals surface area contributed by atoms with Crippen LogP contribution in [0.25, 0.3) is 11.4 Å². The van der Waals surface area contributed by atoms with Crippen molar-refractivity contribution >= 4 is 17.2 Å². The Bertz CT molecular complexity index is 814. The number of carbonyl (C=O) groups excluding carboxylic acids is 1. The van der Waals surface area contributed by atoms with Gasteiger partial charge in [-0.15, -0.1) is 11.3 Å². The van der Waals surface area contributed by atoms with E-state index in [4.69, 9.17) is 9.72 Å². The molecule has 0 spiro atoms. The Morgan fingerprint density at radius 3 is 2.75 bits per heavy atom. The molecule has 2 aromatic heterocycles. The van der Waals surface area contributed by atoms with E-state index in [0.717, 1.165) is 53.6 Å². The molecule has 0 bridgehead atoms. The fourth-order valence-electron chi connectivity index (χ4n) is 4.54. The lowest BCUT2D eigenvalue weighted by molar-refractivity contribution is 0.0857. The number of nitrogens with one attached hydrogen (secondary N) is 1. The molecular formula is C22H31N3O2S. The molecule has 6 heteroatoms. The molecule has 1 N–H and O–H groups in total. The summed E-state index contributed by atoms with van der Waals surface area (Å²) in [5.74, 6) is 0.699. The molecular weight excluding hydrogens is 370 g/mol. The molecule has 152 valence electrons. The first-order valence-corrected chi connectivity index (χ1v) is 11.5. The maximum atomic E-state index is 12.9. The van der Waals surface area contributed by atoms with Gasteiger partial charge in [-0.1, -0.05) is 19.3 Å². The Kier molecular flexibility index (Phi) is 6.16. The van der Waals surface area contributed by atoms with Gasteiger partial charge in [0.2, 0.25) is 0 Å². The van der Waals surface area contributed by atoms with Crippen molar-refractivity contribution in [1.82, 2.24) is 14.9 Å². The second kappa shape index (κ2) is 8.78. The second-order valence-corrected chi connectivity index (χ2v) is 9.30. The third-order valence-corrected chi connectivity index (χ3v) is 6.95. The average Bonchev–Trinajstić information content (AvgIpc) is 3.43. The van der Waals surface area contributed by atoms with Gasteiger partial charge >= 0.3 is 0 Å². The van der Waals surface area contributed by atoms with Crippen LogP contribution < -0.4 is 5.32 Å². The zero-order valence-corrected chi connectivity index (χ0v) is 17.8. The van der Waals surface area contributed by atoms with Crippen molar-refractivity contribution < 1.29 is 9.53 Å². The van der Waals surface area contributed by atoms with Crippen molar-refractivity contribution in [2.45, 2.75) is 71.4 Å². The van der Waals surface area contributed by atoms with Gasteiger partial charge in [0.25, 0.3) is 5.91 Å². The van der Waals surface area contributed by atoms with Gasteiger partial charge in [0, 0.05) is 30.8 Å². The number of amides is 1. The van der Waals surface area contributed by atoms with E-state index in [9.17, 15) is 4.79 Å². The molecule has 3 heterocycles. The van der Waals surface area contributed by atoms with Gasteiger partial charge < -0.3 is 14.6 Å². The molecule has 2 fully saturated rings. The predicted octanol–water partition coefficient (Wildman–Crippen LogP) is 4.72. The molecule has 1 aliphatic heterocycles. The van der Waals surface area contributed by atoms with E-state index < -0.39 is 0 Å². The third-order valence-electron chi connectivity index (χ3n) is 6.17. The summed E-state index contributed by atoms with van der Waals surface area (Å²) in [5, 5.41) is 6.25. The van der Waals surface area contributed by atoms with E-state index in [1.807, 2.05) is 13.0 Å². The van der Waals surface area contributed by atoms with Crippen LogP contribution in [-0.2, 0) is 11.3 Å². The Hall–Kier alpha value is -1.66. The molecule has 1 atom stereocenters. The smallest absolute Gasteiger partial charge is 0.253 e. The highest BCUT2D eigenvalue weighted by Gasteiger charge is 2.24. The van der Waals surface area contributed by atoms with Crippen LogP contribution in [0.5, 0.6) is 0 Å². The van der Waals surface area contributed by atoms with Gasteiger partial charge in [-0.3, -0.25) is 4.79 Å². The topological polar surface area (TPSA) is 56.1 Å². The number of hydrogen-bond donors (Lipinski definition) is 1. The van der Waals surface area contributed by atoms with Crippen molar-refractivity contribution in [3.63, 3.8) is 0 Å². The summed E-state index contributed by atoms with van der Waals surface area (Å²) in [5.41, 5.74) is 3.89. The highest BCUT2D eigenvalue weighted by atomic mass is 32.1. The van der Waals surface area contributed by atoms with E-state index in [2.05, 4.69) is 22.2 Å². The van der Waals surface area contributed by atoms with E-state index in [1.165, 1.54) is 32.1 Å². The zero-order chi connectivity index (χ0) is 19.5. The van der Waals surface area contributed by atoms with Crippen molar-refractivity contribution in [1.29, 1.82) is 0 Å². The van der Waals surface area contributed by atoms with Crippen LogP contribution in [0.15, 0.2) is 11.4 Å². The second-order valence-electron chi connectivity index (χ2n) is 8.24. The van der Waals surface area contributed by atoms with Crippen molar-refractivity contribution in [2.24, 2.45) is 5.92 Å². The van der Waals surface area contributed by atoms with Crippen molar-refractivity contribution in [3.05, 3.63) is 27.7 Å². The molecule has 0 radical (unpaired) electrons. The number of carbonyl (C=O) groups is 1. The summed E-state index contributed by atoms with van der Waals surface area (Å²) >= 11 is 1.66. The van der Waals surface area contributed by atoms with Gasteiger partial charge in [0.05, 0.1) is 28.1 Å². The summed E-state index contributed by atoms with van der Waals surface area (Å²) < 4.78 is 7.98. The van der Waals surface area contributed by atoms with Gasteiger partial charge in [0.1, 0.15) is 0 Å². The Morgan fingerprint density at radius 1 is 1.25 bits per heavy atom. The van der Waals surface area contributed by atoms with Crippen molar-refractivity contribution in [2.75, 3.05) is 13.2 Å². The van der Waals surface area contributed by atoms with E-state index in [0.29, 0.717) is 12.5 Å². The van der Waals surface area contributed by atoms with Gasteiger partial charge in [0.15, 0.2) is 0 Å². The molecule has 5 nitrogen and oxygen atoms in total. The molecule has 0 aromatic carbocycles. The monoisotopic (exact) mass is 401 g/mol. The molecule has 1 unspecified atom stereocenters. The van der Waals surface area contributed by atoms with Crippen LogP contribution in [0.4, 0.5) is 0 Å². The Morgan fingerprint density at radius 2 is 2.07 bits per heavy atom. The normalized spacial score (nSPS) is 20.6. The first kappa shape index (κ1) is 19.6. The lowest BCUT2D eigenvalue weighted by atomic mass is 9.89. The number of rotatable bonds is 6. The number of ether oxygens (including phenoxy) is 1.